The highest BCUT2D eigenvalue weighted by Crippen LogP contribution is 2.29. The summed E-state index contributed by atoms with van der Waals surface area (Å²) in [7, 11) is -4.79. The van der Waals surface area contributed by atoms with Crippen molar-refractivity contribution in [3.05, 3.63) is 64.9 Å². The van der Waals surface area contributed by atoms with Gasteiger partial charge in [0, 0.05) is 6.07 Å². The summed E-state index contributed by atoms with van der Waals surface area (Å²) in [4.78, 5) is 11.1. The molecule has 0 radical (unpaired) electrons. The number of halogens is 6. The van der Waals surface area contributed by atoms with Gasteiger partial charge in [0.15, 0.2) is 5.69 Å². The molecule has 1 N–H and O–H groups in total. The van der Waals surface area contributed by atoms with E-state index in [0.717, 1.165) is 29.1 Å². The van der Waals surface area contributed by atoms with Crippen molar-refractivity contribution in [3.63, 3.8) is 0 Å². The van der Waals surface area contributed by atoms with E-state index >= 15 is 0 Å². The number of carbonyl (C=O) groups excluding carboxylic acids is 1. The monoisotopic (exact) mass is 482 g/mol. The van der Waals surface area contributed by atoms with Crippen LogP contribution in [0.25, 0.3) is 5.69 Å². The Hall–Kier alpha value is -3.26. The highest BCUT2D eigenvalue weighted by atomic mass is 35.5. The van der Waals surface area contributed by atoms with E-state index in [1.54, 1.807) is 0 Å². The second kappa shape index (κ2) is 8.11. The standard InChI is InChI=1S/C16H8ClF5N4O4S/c17-10-6-9(30-16(20,21)22)2-4-13(10)26-7-12(23-25-26)15(27)24-31(28,29)14-5-8(18)1-3-11(14)19/h1-7H,(H,24,27). The van der Waals surface area contributed by atoms with E-state index in [1.807, 2.05) is 0 Å². The van der Waals surface area contributed by atoms with Crippen molar-refractivity contribution >= 4 is 27.5 Å². The average Bonchev–Trinajstić information content (AvgIpc) is 3.12. The Balaban J connectivity index is 1.82. The number of aromatic nitrogens is 3. The van der Waals surface area contributed by atoms with Gasteiger partial charge in [-0.15, -0.1) is 18.3 Å². The van der Waals surface area contributed by atoms with E-state index in [0.29, 0.717) is 18.2 Å². The smallest absolute Gasteiger partial charge is 0.406 e. The number of ether oxygens (including phenoxy) is 1. The number of carbonyl (C=O) groups is 1. The van der Waals surface area contributed by atoms with Gasteiger partial charge in [0.1, 0.15) is 22.3 Å². The van der Waals surface area contributed by atoms with Gasteiger partial charge in [-0.2, -0.15) is 0 Å². The minimum Gasteiger partial charge on any atom is -0.406 e. The number of sulfonamides is 1. The van der Waals surface area contributed by atoms with Crippen molar-refractivity contribution < 1.29 is 39.9 Å². The molecule has 0 aliphatic carbocycles. The van der Waals surface area contributed by atoms with Gasteiger partial charge in [0.05, 0.1) is 16.9 Å². The van der Waals surface area contributed by atoms with E-state index in [4.69, 9.17) is 11.6 Å². The summed E-state index contributed by atoms with van der Waals surface area (Å²) in [6.07, 6.45) is -4.02. The lowest BCUT2D eigenvalue weighted by atomic mass is 10.3. The van der Waals surface area contributed by atoms with Crippen molar-refractivity contribution in [2.45, 2.75) is 11.3 Å². The van der Waals surface area contributed by atoms with Crippen LogP contribution in [-0.4, -0.2) is 35.7 Å². The molecule has 0 spiro atoms. The molecule has 0 aliphatic heterocycles. The first-order valence-corrected chi connectivity index (χ1v) is 9.72. The van der Waals surface area contributed by atoms with Gasteiger partial charge in [-0.3, -0.25) is 4.79 Å². The predicted octanol–water partition coefficient (Wildman–Crippen LogP) is 3.22. The third kappa shape index (κ3) is 5.27. The van der Waals surface area contributed by atoms with E-state index in [1.165, 1.54) is 4.72 Å². The minimum atomic E-state index is -4.93. The average molecular weight is 483 g/mol. The molecule has 15 heteroatoms. The Morgan fingerprint density at radius 2 is 1.84 bits per heavy atom. The van der Waals surface area contributed by atoms with Crippen LogP contribution in [0.15, 0.2) is 47.5 Å². The third-order valence-corrected chi connectivity index (χ3v) is 5.18. The second-order valence-corrected chi connectivity index (χ2v) is 7.78. The van der Waals surface area contributed by atoms with Gasteiger partial charge in [-0.25, -0.2) is 26.6 Å². The summed E-state index contributed by atoms with van der Waals surface area (Å²) < 4.78 is 94.1. The first-order valence-electron chi connectivity index (χ1n) is 7.86. The minimum absolute atomic E-state index is 0.0122. The molecule has 3 aromatic rings. The number of amides is 1. The molecule has 1 amide bonds. The maximum absolute atomic E-state index is 13.7. The zero-order valence-corrected chi connectivity index (χ0v) is 16.3. The molecule has 0 atom stereocenters. The predicted molar refractivity (Wildman–Crippen MR) is 94.1 cm³/mol. The lowest BCUT2D eigenvalue weighted by molar-refractivity contribution is -0.274. The fourth-order valence-corrected chi connectivity index (χ4v) is 3.58. The van der Waals surface area contributed by atoms with Crippen molar-refractivity contribution in [2.75, 3.05) is 0 Å². The largest absolute Gasteiger partial charge is 0.573 e. The van der Waals surface area contributed by atoms with Crippen LogP contribution in [0.4, 0.5) is 22.0 Å². The van der Waals surface area contributed by atoms with Gasteiger partial charge in [-0.05, 0) is 30.3 Å². The number of benzene rings is 2. The number of rotatable bonds is 5. The molecule has 0 saturated heterocycles. The van der Waals surface area contributed by atoms with Crippen molar-refractivity contribution in [2.24, 2.45) is 0 Å². The lowest BCUT2D eigenvalue weighted by Gasteiger charge is -2.10. The summed E-state index contributed by atoms with van der Waals surface area (Å²) in [5.41, 5.74) is -0.575. The van der Waals surface area contributed by atoms with Gasteiger partial charge in [-0.1, -0.05) is 16.8 Å². The summed E-state index contributed by atoms with van der Waals surface area (Å²) in [6, 6.07) is 4.48. The third-order valence-electron chi connectivity index (χ3n) is 3.54. The van der Waals surface area contributed by atoms with Crippen molar-refractivity contribution in [3.8, 4) is 11.4 Å². The Kier molecular flexibility index (Phi) is 5.87. The van der Waals surface area contributed by atoms with Gasteiger partial charge in [0.25, 0.3) is 15.9 Å². The highest BCUT2D eigenvalue weighted by molar-refractivity contribution is 7.90. The molecule has 0 fully saturated rings. The Labute approximate surface area is 175 Å². The molecule has 2 aromatic carbocycles. The van der Waals surface area contributed by atoms with Gasteiger partial charge in [0.2, 0.25) is 0 Å². The molecule has 164 valence electrons. The second-order valence-electron chi connectivity index (χ2n) is 5.72. The van der Waals surface area contributed by atoms with E-state index in [2.05, 4.69) is 15.0 Å². The molecular formula is C16H8ClF5N4O4S. The maximum atomic E-state index is 13.7. The lowest BCUT2D eigenvalue weighted by Crippen LogP contribution is -2.31. The van der Waals surface area contributed by atoms with Crippen molar-refractivity contribution in [1.82, 2.24) is 19.7 Å². The maximum Gasteiger partial charge on any atom is 0.573 e. The van der Waals surface area contributed by atoms with Crippen LogP contribution in [0.1, 0.15) is 10.5 Å². The van der Waals surface area contributed by atoms with E-state index in [9.17, 15) is 35.2 Å². The number of nitrogens with zero attached hydrogens (tertiary/aromatic N) is 3. The molecule has 1 heterocycles. The van der Waals surface area contributed by atoms with E-state index in [-0.39, 0.29) is 10.7 Å². The van der Waals surface area contributed by atoms with Gasteiger partial charge >= 0.3 is 6.36 Å². The summed E-state index contributed by atoms with van der Waals surface area (Å²) >= 11 is 5.89. The number of nitrogens with one attached hydrogen (secondary N) is 1. The Morgan fingerprint density at radius 3 is 2.48 bits per heavy atom. The van der Waals surface area contributed by atoms with Crippen LogP contribution in [-0.2, 0) is 10.0 Å². The van der Waals surface area contributed by atoms with Crippen LogP contribution in [0, 0.1) is 11.6 Å². The molecule has 1 aromatic heterocycles. The molecule has 0 bridgehead atoms. The summed E-state index contributed by atoms with van der Waals surface area (Å²) in [5, 5.41) is 6.71. The Bertz CT molecular complexity index is 1260. The fourth-order valence-electron chi connectivity index (χ4n) is 2.27. The topological polar surface area (TPSA) is 103 Å². The first kappa shape index (κ1) is 22.4. The van der Waals surface area contributed by atoms with E-state index < -0.39 is 50.3 Å². The normalized spacial score (nSPS) is 11.9. The first-order chi connectivity index (χ1) is 14.4. The van der Waals surface area contributed by atoms with Crippen LogP contribution in [0.3, 0.4) is 0 Å². The number of hydrogen-bond donors (Lipinski definition) is 1. The quantitative estimate of drug-likeness (QED) is 0.560. The molecular weight excluding hydrogens is 475 g/mol. The van der Waals surface area contributed by atoms with Crippen LogP contribution in [0.5, 0.6) is 5.75 Å². The number of hydrogen-bond acceptors (Lipinski definition) is 6. The molecule has 0 unspecified atom stereocenters. The molecule has 0 saturated carbocycles. The van der Waals surface area contributed by atoms with Crippen molar-refractivity contribution in [1.29, 1.82) is 0 Å². The SMILES string of the molecule is O=C(NS(=O)(=O)c1cc(F)ccc1F)c1cn(-c2ccc(OC(F)(F)F)cc2Cl)nn1. The van der Waals surface area contributed by atoms with Crippen LogP contribution >= 0.6 is 11.6 Å². The van der Waals surface area contributed by atoms with Gasteiger partial charge < -0.3 is 4.74 Å². The molecule has 3 rings (SSSR count). The fraction of sp³-hybridized carbons (Fsp3) is 0.0625. The molecule has 0 aliphatic rings. The molecule has 8 nitrogen and oxygen atoms in total. The Morgan fingerprint density at radius 1 is 1.13 bits per heavy atom. The summed E-state index contributed by atoms with van der Waals surface area (Å²) in [6.45, 7) is 0. The zero-order chi connectivity index (χ0) is 23.0. The zero-order valence-electron chi connectivity index (χ0n) is 14.7. The number of alkyl halides is 3. The van der Waals surface area contributed by atoms with Crippen LogP contribution < -0.4 is 9.46 Å². The highest BCUT2D eigenvalue weighted by Gasteiger charge is 2.31. The summed E-state index contributed by atoms with van der Waals surface area (Å²) in [5.74, 6) is -4.28. The van der Waals surface area contributed by atoms with Crippen LogP contribution in [0.2, 0.25) is 5.02 Å². The molecule has 31 heavy (non-hydrogen) atoms.